The van der Waals surface area contributed by atoms with Crippen molar-refractivity contribution in [3.8, 4) is 28.6 Å². The van der Waals surface area contributed by atoms with Gasteiger partial charge in [-0.2, -0.15) is 0 Å². The van der Waals surface area contributed by atoms with Crippen molar-refractivity contribution in [2.45, 2.75) is 13.8 Å². The standard InChI is InChI=1S/C19H18N2O3S/c1-3-22-25-24-17-8-5-10-21-19(17)23-18-13-16(9-11-20-18)15-7-4-6-14(2)12-15/h4-13H,3H2,1-2H3. The van der Waals surface area contributed by atoms with Crippen LogP contribution in [0.1, 0.15) is 12.5 Å². The zero-order chi connectivity index (χ0) is 17.5. The van der Waals surface area contributed by atoms with Crippen molar-refractivity contribution in [3.05, 3.63) is 66.5 Å². The van der Waals surface area contributed by atoms with Crippen LogP contribution in [0.4, 0.5) is 0 Å². The second kappa shape index (κ2) is 8.50. The number of ether oxygens (including phenoxy) is 1. The molecule has 0 amide bonds. The van der Waals surface area contributed by atoms with Gasteiger partial charge in [-0.05, 0) is 43.2 Å². The van der Waals surface area contributed by atoms with E-state index >= 15 is 0 Å². The van der Waals surface area contributed by atoms with E-state index in [1.54, 1.807) is 24.5 Å². The van der Waals surface area contributed by atoms with Gasteiger partial charge in [-0.25, -0.2) is 9.97 Å². The first kappa shape index (κ1) is 17.3. The Morgan fingerprint density at radius 1 is 0.960 bits per heavy atom. The normalized spacial score (nSPS) is 10.5. The van der Waals surface area contributed by atoms with Crippen LogP contribution in [0.25, 0.3) is 11.1 Å². The third-order valence-corrected chi connectivity index (χ3v) is 3.89. The minimum Gasteiger partial charge on any atom is -0.417 e. The van der Waals surface area contributed by atoms with Gasteiger partial charge >= 0.3 is 0 Å². The summed E-state index contributed by atoms with van der Waals surface area (Å²) in [6.45, 7) is 4.49. The quantitative estimate of drug-likeness (QED) is 0.428. The molecule has 0 atom stereocenters. The lowest BCUT2D eigenvalue weighted by Gasteiger charge is -2.10. The maximum absolute atomic E-state index is 5.82. The van der Waals surface area contributed by atoms with Gasteiger partial charge in [0.1, 0.15) is 0 Å². The molecule has 0 aliphatic carbocycles. The monoisotopic (exact) mass is 354 g/mol. The molecule has 6 heteroatoms. The van der Waals surface area contributed by atoms with Crippen molar-refractivity contribution in [1.29, 1.82) is 0 Å². The first-order valence-corrected chi connectivity index (χ1v) is 8.55. The number of hydrogen-bond donors (Lipinski definition) is 0. The highest BCUT2D eigenvalue weighted by Crippen LogP contribution is 2.32. The number of pyridine rings is 2. The lowest BCUT2D eigenvalue weighted by Crippen LogP contribution is -1.94. The molecule has 0 unspecified atom stereocenters. The summed E-state index contributed by atoms with van der Waals surface area (Å²) in [5.74, 6) is 1.26. The Kier molecular flexibility index (Phi) is 5.87. The van der Waals surface area contributed by atoms with Crippen LogP contribution in [0.5, 0.6) is 17.5 Å². The molecule has 0 aliphatic heterocycles. The van der Waals surface area contributed by atoms with Crippen LogP contribution in [0.2, 0.25) is 0 Å². The van der Waals surface area contributed by atoms with Crippen LogP contribution in [0.3, 0.4) is 0 Å². The van der Waals surface area contributed by atoms with Gasteiger partial charge in [0, 0.05) is 18.5 Å². The number of nitrogens with zero attached hydrogens (tertiary/aromatic N) is 2. The molecule has 5 nitrogen and oxygen atoms in total. The lowest BCUT2D eigenvalue weighted by molar-refractivity contribution is 0.361. The molecule has 0 radical (unpaired) electrons. The summed E-state index contributed by atoms with van der Waals surface area (Å²) in [7, 11) is 0. The third-order valence-electron chi connectivity index (χ3n) is 3.31. The molecular weight excluding hydrogens is 336 g/mol. The van der Waals surface area contributed by atoms with Crippen LogP contribution in [-0.4, -0.2) is 16.6 Å². The Morgan fingerprint density at radius 2 is 1.84 bits per heavy atom. The smallest absolute Gasteiger partial charge is 0.265 e. The van der Waals surface area contributed by atoms with E-state index in [2.05, 4.69) is 35.1 Å². The summed E-state index contributed by atoms with van der Waals surface area (Å²) in [5.41, 5.74) is 3.33. The Morgan fingerprint density at radius 3 is 2.68 bits per heavy atom. The van der Waals surface area contributed by atoms with Gasteiger partial charge in [-0.3, -0.25) is 4.18 Å². The zero-order valence-electron chi connectivity index (χ0n) is 14.0. The number of hydrogen-bond acceptors (Lipinski definition) is 6. The van der Waals surface area contributed by atoms with Crippen molar-refractivity contribution < 1.29 is 13.1 Å². The molecular formula is C19H18N2O3S. The molecule has 2 heterocycles. The van der Waals surface area contributed by atoms with Crippen molar-refractivity contribution in [2.24, 2.45) is 0 Å². The molecule has 0 fully saturated rings. The highest BCUT2D eigenvalue weighted by molar-refractivity contribution is 7.90. The summed E-state index contributed by atoms with van der Waals surface area (Å²) in [5, 5.41) is 0. The summed E-state index contributed by atoms with van der Waals surface area (Å²) >= 11 is 0.892. The second-order valence-corrected chi connectivity index (χ2v) is 5.76. The van der Waals surface area contributed by atoms with E-state index in [-0.39, 0.29) is 0 Å². The molecule has 0 saturated carbocycles. The molecule has 0 aliphatic rings. The van der Waals surface area contributed by atoms with Crippen molar-refractivity contribution >= 4 is 12.3 Å². The predicted octanol–water partition coefficient (Wildman–Crippen LogP) is 5.22. The van der Waals surface area contributed by atoms with Crippen molar-refractivity contribution in [3.63, 3.8) is 0 Å². The van der Waals surface area contributed by atoms with Crippen LogP contribution in [0, 0.1) is 6.92 Å². The molecule has 0 saturated heterocycles. The highest BCUT2D eigenvalue weighted by atomic mass is 32.2. The van der Waals surface area contributed by atoms with Crippen LogP contribution < -0.4 is 8.92 Å². The molecule has 1 aromatic carbocycles. The van der Waals surface area contributed by atoms with E-state index in [1.807, 2.05) is 25.1 Å². The Bertz CT molecular complexity index is 842. The molecule has 3 rings (SSSR count). The molecule has 0 N–H and O–H groups in total. The average molecular weight is 354 g/mol. The number of benzene rings is 1. The van der Waals surface area contributed by atoms with Crippen molar-refractivity contribution in [2.75, 3.05) is 6.61 Å². The maximum Gasteiger partial charge on any atom is 0.265 e. The first-order chi connectivity index (χ1) is 12.3. The lowest BCUT2D eigenvalue weighted by atomic mass is 10.1. The fraction of sp³-hybridized carbons (Fsp3) is 0.158. The number of aryl methyl sites for hydroxylation is 1. The Hall–Kier alpha value is -2.57. The summed E-state index contributed by atoms with van der Waals surface area (Å²) in [6, 6.07) is 15.6. The van der Waals surface area contributed by atoms with Gasteiger partial charge in [0.15, 0.2) is 0 Å². The van der Waals surface area contributed by atoms with Crippen LogP contribution in [0.15, 0.2) is 60.9 Å². The van der Waals surface area contributed by atoms with E-state index in [1.165, 1.54) is 5.56 Å². The van der Waals surface area contributed by atoms with E-state index < -0.39 is 0 Å². The summed E-state index contributed by atoms with van der Waals surface area (Å²) in [4.78, 5) is 8.48. The minimum absolute atomic E-state index is 0.337. The van der Waals surface area contributed by atoms with Gasteiger partial charge in [0.2, 0.25) is 24.0 Å². The van der Waals surface area contributed by atoms with E-state index in [9.17, 15) is 0 Å². The Labute approximate surface area is 151 Å². The molecule has 3 aromatic rings. The summed E-state index contributed by atoms with van der Waals surface area (Å²) < 4.78 is 16.4. The summed E-state index contributed by atoms with van der Waals surface area (Å²) in [6.07, 6.45) is 3.35. The molecule has 2 aromatic heterocycles. The van der Waals surface area contributed by atoms with Gasteiger partial charge in [-0.1, -0.05) is 29.8 Å². The molecule has 0 spiro atoms. The fourth-order valence-electron chi connectivity index (χ4n) is 2.19. The minimum atomic E-state index is 0.337. The van der Waals surface area contributed by atoms with Gasteiger partial charge in [0.05, 0.1) is 6.61 Å². The van der Waals surface area contributed by atoms with Gasteiger partial charge < -0.3 is 8.92 Å². The topological polar surface area (TPSA) is 53.5 Å². The third kappa shape index (κ3) is 4.71. The average Bonchev–Trinajstić information content (AvgIpc) is 2.64. The van der Waals surface area contributed by atoms with E-state index in [4.69, 9.17) is 13.1 Å². The van der Waals surface area contributed by atoms with E-state index in [0.717, 1.165) is 23.5 Å². The van der Waals surface area contributed by atoms with Gasteiger partial charge in [-0.15, -0.1) is 0 Å². The highest BCUT2D eigenvalue weighted by Gasteiger charge is 2.10. The van der Waals surface area contributed by atoms with Crippen LogP contribution in [-0.2, 0) is 4.18 Å². The number of rotatable bonds is 7. The second-order valence-electron chi connectivity index (χ2n) is 5.22. The molecule has 0 bridgehead atoms. The SMILES string of the molecule is CCOSOc1cccnc1Oc1cc(-c2cccc(C)c2)ccn1. The number of aromatic nitrogens is 2. The van der Waals surface area contributed by atoms with Gasteiger partial charge in [0.25, 0.3) is 5.88 Å². The first-order valence-electron chi connectivity index (χ1n) is 7.88. The fourth-order valence-corrected chi connectivity index (χ4v) is 2.54. The van der Waals surface area contributed by atoms with Crippen LogP contribution >= 0.6 is 12.3 Å². The predicted molar refractivity (Wildman–Crippen MR) is 98.6 cm³/mol. The van der Waals surface area contributed by atoms with E-state index in [0.29, 0.717) is 24.1 Å². The largest absolute Gasteiger partial charge is 0.417 e. The zero-order valence-corrected chi connectivity index (χ0v) is 14.8. The maximum atomic E-state index is 5.82. The molecule has 25 heavy (non-hydrogen) atoms. The van der Waals surface area contributed by atoms with Crippen molar-refractivity contribution in [1.82, 2.24) is 9.97 Å². The Balaban J connectivity index is 1.81. The molecule has 128 valence electrons.